The number of hydrogen-bond donors (Lipinski definition) is 0. The molecule has 1 aliphatic heterocycles. The average molecular weight is 197 g/mol. The van der Waals surface area contributed by atoms with Crippen LogP contribution in [0.1, 0.15) is 33.6 Å². The van der Waals surface area contributed by atoms with E-state index in [4.69, 9.17) is 0 Å². The summed E-state index contributed by atoms with van der Waals surface area (Å²) in [6.07, 6.45) is 2.69. The van der Waals surface area contributed by atoms with Crippen LogP contribution in [0.25, 0.3) is 0 Å². The van der Waals surface area contributed by atoms with Crippen molar-refractivity contribution < 1.29 is 9.59 Å². The Morgan fingerprint density at radius 2 is 2.07 bits per heavy atom. The summed E-state index contributed by atoms with van der Waals surface area (Å²) in [5, 5.41) is 0. The number of nitrogens with zero attached hydrogens (tertiary/aromatic N) is 1. The number of carbonyl (C=O) groups is 2. The van der Waals surface area contributed by atoms with Gasteiger partial charge >= 0.3 is 0 Å². The average Bonchev–Trinajstić information content (AvgIpc) is 2.62. The minimum Gasteiger partial charge on any atom is -0.333 e. The van der Waals surface area contributed by atoms with E-state index in [9.17, 15) is 9.59 Å². The van der Waals surface area contributed by atoms with Gasteiger partial charge in [-0.1, -0.05) is 20.8 Å². The zero-order valence-corrected chi connectivity index (χ0v) is 9.19. The van der Waals surface area contributed by atoms with Gasteiger partial charge in [0.05, 0.1) is 6.04 Å². The fourth-order valence-corrected chi connectivity index (χ4v) is 1.75. The molecular weight excluding hydrogens is 178 g/mol. The van der Waals surface area contributed by atoms with Crippen LogP contribution in [0.2, 0.25) is 0 Å². The Hall–Kier alpha value is -0.860. The molecule has 1 fully saturated rings. The standard InChI is InChI=1S/C11H19NO2/c1-8(2)9(3)11(14)12-6-4-5-10(12)7-13/h7-10H,4-6H2,1-3H3/t9-,10-/m0/s1. The summed E-state index contributed by atoms with van der Waals surface area (Å²) in [6.45, 7) is 6.76. The molecule has 3 nitrogen and oxygen atoms in total. The molecule has 0 aromatic carbocycles. The minimum atomic E-state index is -0.163. The fourth-order valence-electron chi connectivity index (χ4n) is 1.75. The second-order valence-electron chi connectivity index (χ2n) is 4.41. The molecule has 1 saturated heterocycles. The van der Waals surface area contributed by atoms with E-state index < -0.39 is 0 Å². The van der Waals surface area contributed by atoms with Gasteiger partial charge < -0.3 is 9.69 Å². The molecule has 1 amide bonds. The lowest BCUT2D eigenvalue weighted by Crippen LogP contribution is -2.40. The predicted octanol–water partition coefficient (Wildman–Crippen LogP) is 1.47. The smallest absolute Gasteiger partial charge is 0.226 e. The van der Waals surface area contributed by atoms with E-state index >= 15 is 0 Å². The highest BCUT2D eigenvalue weighted by Gasteiger charge is 2.31. The first-order valence-corrected chi connectivity index (χ1v) is 5.33. The van der Waals surface area contributed by atoms with Gasteiger partial charge in [-0.3, -0.25) is 4.79 Å². The third-order valence-electron chi connectivity index (χ3n) is 3.13. The van der Waals surface area contributed by atoms with Gasteiger partial charge in [-0.2, -0.15) is 0 Å². The van der Waals surface area contributed by atoms with E-state index in [0.29, 0.717) is 5.92 Å². The highest BCUT2D eigenvalue weighted by Crippen LogP contribution is 2.21. The van der Waals surface area contributed by atoms with Crippen molar-refractivity contribution in [2.45, 2.75) is 39.7 Å². The molecule has 2 atom stereocenters. The molecule has 0 radical (unpaired) electrons. The monoisotopic (exact) mass is 197 g/mol. The van der Waals surface area contributed by atoms with Crippen molar-refractivity contribution in [2.75, 3.05) is 6.54 Å². The topological polar surface area (TPSA) is 37.4 Å². The number of aldehydes is 1. The van der Waals surface area contributed by atoms with E-state index in [0.717, 1.165) is 25.7 Å². The maximum atomic E-state index is 11.9. The van der Waals surface area contributed by atoms with Crippen LogP contribution < -0.4 is 0 Å². The summed E-state index contributed by atoms with van der Waals surface area (Å²) < 4.78 is 0. The molecule has 0 aromatic heterocycles. The van der Waals surface area contributed by atoms with Crippen LogP contribution in [0.5, 0.6) is 0 Å². The Bertz CT molecular complexity index is 225. The highest BCUT2D eigenvalue weighted by atomic mass is 16.2. The molecule has 80 valence electrons. The van der Waals surface area contributed by atoms with Gasteiger partial charge in [0.1, 0.15) is 6.29 Å². The van der Waals surface area contributed by atoms with E-state index in [-0.39, 0.29) is 17.9 Å². The summed E-state index contributed by atoms with van der Waals surface area (Å²) in [6, 6.07) is -0.163. The Morgan fingerprint density at radius 3 is 2.57 bits per heavy atom. The largest absolute Gasteiger partial charge is 0.333 e. The van der Waals surface area contributed by atoms with Crippen molar-refractivity contribution in [3.63, 3.8) is 0 Å². The van der Waals surface area contributed by atoms with Gasteiger partial charge in [0, 0.05) is 12.5 Å². The van der Waals surface area contributed by atoms with Gasteiger partial charge in [-0.15, -0.1) is 0 Å². The van der Waals surface area contributed by atoms with Crippen LogP contribution in [0.3, 0.4) is 0 Å². The highest BCUT2D eigenvalue weighted by molar-refractivity contribution is 5.82. The number of rotatable bonds is 3. The molecule has 14 heavy (non-hydrogen) atoms. The normalized spacial score (nSPS) is 24.0. The van der Waals surface area contributed by atoms with Crippen LogP contribution in [-0.2, 0) is 9.59 Å². The maximum Gasteiger partial charge on any atom is 0.226 e. The second-order valence-corrected chi connectivity index (χ2v) is 4.41. The van der Waals surface area contributed by atoms with Gasteiger partial charge in [0.15, 0.2) is 0 Å². The molecule has 1 heterocycles. The fraction of sp³-hybridized carbons (Fsp3) is 0.818. The summed E-state index contributed by atoms with van der Waals surface area (Å²) in [5.74, 6) is 0.501. The quantitative estimate of drug-likeness (QED) is 0.642. The van der Waals surface area contributed by atoms with Crippen molar-refractivity contribution in [1.29, 1.82) is 0 Å². The molecule has 0 N–H and O–H groups in total. The lowest BCUT2D eigenvalue weighted by atomic mass is 9.96. The maximum absolute atomic E-state index is 11.9. The Morgan fingerprint density at radius 1 is 1.43 bits per heavy atom. The van der Waals surface area contributed by atoms with Gasteiger partial charge in [0.2, 0.25) is 5.91 Å². The van der Waals surface area contributed by atoms with Crippen LogP contribution in [0, 0.1) is 11.8 Å². The molecule has 1 aliphatic rings. The lowest BCUT2D eigenvalue weighted by molar-refractivity contribution is -0.139. The number of amides is 1. The van der Waals surface area contributed by atoms with Gasteiger partial charge in [0.25, 0.3) is 0 Å². The van der Waals surface area contributed by atoms with E-state index in [1.807, 2.05) is 20.8 Å². The second kappa shape index (κ2) is 4.58. The van der Waals surface area contributed by atoms with Gasteiger partial charge in [-0.25, -0.2) is 0 Å². The van der Waals surface area contributed by atoms with Gasteiger partial charge in [-0.05, 0) is 18.8 Å². The molecule has 0 saturated carbocycles. The Labute approximate surface area is 85.5 Å². The Balaban J connectivity index is 2.64. The summed E-state index contributed by atoms with van der Waals surface area (Å²) in [5.41, 5.74) is 0. The molecule has 0 aliphatic carbocycles. The molecule has 3 heteroatoms. The van der Waals surface area contributed by atoms with E-state index in [2.05, 4.69) is 0 Å². The SMILES string of the molecule is CC(C)[C@H](C)C(=O)N1CCC[C@H]1C=O. The molecule has 0 aromatic rings. The predicted molar refractivity (Wildman–Crippen MR) is 54.8 cm³/mol. The number of hydrogen-bond acceptors (Lipinski definition) is 2. The van der Waals surface area contributed by atoms with Crippen molar-refractivity contribution in [2.24, 2.45) is 11.8 Å². The first kappa shape index (κ1) is 11.2. The van der Waals surface area contributed by atoms with Crippen molar-refractivity contribution in [3.8, 4) is 0 Å². The van der Waals surface area contributed by atoms with Crippen LogP contribution in [-0.4, -0.2) is 29.7 Å². The summed E-state index contributed by atoms with van der Waals surface area (Å²) in [7, 11) is 0. The minimum absolute atomic E-state index is 0.0237. The molecule has 1 rings (SSSR count). The zero-order chi connectivity index (χ0) is 10.7. The van der Waals surface area contributed by atoms with Crippen molar-refractivity contribution in [1.82, 2.24) is 4.90 Å². The van der Waals surface area contributed by atoms with E-state index in [1.165, 1.54) is 0 Å². The molecule has 0 unspecified atom stereocenters. The van der Waals surface area contributed by atoms with Crippen molar-refractivity contribution in [3.05, 3.63) is 0 Å². The summed E-state index contributed by atoms with van der Waals surface area (Å²) >= 11 is 0. The Kier molecular flexibility index (Phi) is 3.67. The van der Waals surface area contributed by atoms with Crippen LogP contribution in [0.15, 0.2) is 0 Å². The molecule has 0 bridgehead atoms. The zero-order valence-electron chi connectivity index (χ0n) is 9.19. The number of carbonyl (C=O) groups excluding carboxylic acids is 2. The summed E-state index contributed by atoms with van der Waals surface area (Å²) in [4.78, 5) is 24.4. The third kappa shape index (κ3) is 2.14. The van der Waals surface area contributed by atoms with Crippen LogP contribution >= 0.6 is 0 Å². The van der Waals surface area contributed by atoms with Crippen LogP contribution in [0.4, 0.5) is 0 Å². The first-order chi connectivity index (χ1) is 6.57. The molecule has 0 spiro atoms. The van der Waals surface area contributed by atoms with Crippen molar-refractivity contribution >= 4 is 12.2 Å². The van der Waals surface area contributed by atoms with E-state index in [1.54, 1.807) is 4.90 Å². The third-order valence-corrected chi connectivity index (χ3v) is 3.13. The first-order valence-electron chi connectivity index (χ1n) is 5.33. The molecular formula is C11H19NO2. The number of likely N-dealkylation sites (tertiary alicyclic amines) is 1. The lowest BCUT2D eigenvalue weighted by Gasteiger charge is -2.25.